The van der Waals surface area contributed by atoms with E-state index in [1.807, 2.05) is 25.1 Å². The van der Waals surface area contributed by atoms with E-state index >= 15 is 0 Å². The van der Waals surface area contributed by atoms with E-state index in [4.69, 9.17) is 5.11 Å². The smallest absolute Gasteiger partial charge is 0.305 e. The fraction of sp³-hybridized carbons (Fsp3) is 0.462. The van der Waals surface area contributed by atoms with Crippen LogP contribution >= 0.6 is 0 Å². The molecule has 0 bridgehead atoms. The van der Waals surface area contributed by atoms with Crippen LogP contribution < -0.4 is 0 Å². The molecule has 3 nitrogen and oxygen atoms in total. The molecule has 1 N–H and O–H groups in total. The molecule has 0 radical (unpaired) electrons. The molecule has 4 heteroatoms. The molecule has 0 heterocycles. The number of aliphatic carboxylic acids is 1. The quantitative estimate of drug-likeness (QED) is 0.874. The lowest BCUT2D eigenvalue weighted by molar-refractivity contribution is -0.140. The van der Waals surface area contributed by atoms with Gasteiger partial charge >= 0.3 is 5.97 Å². The topological polar surface area (TPSA) is 40.5 Å². The molecule has 0 spiro atoms. The van der Waals surface area contributed by atoms with E-state index in [0.29, 0.717) is 18.4 Å². The number of carboxylic acids is 1. The number of carboxylic acid groups (broad SMARTS) is 1. The molecule has 2 rings (SSSR count). The van der Waals surface area contributed by atoms with Crippen LogP contribution in [0, 0.1) is 5.82 Å². The van der Waals surface area contributed by atoms with Crippen molar-refractivity contribution in [3.63, 3.8) is 0 Å². The van der Waals surface area contributed by atoms with Crippen molar-refractivity contribution in [2.75, 3.05) is 14.1 Å². The first-order valence-corrected chi connectivity index (χ1v) is 5.64. The molecule has 17 heavy (non-hydrogen) atoms. The van der Waals surface area contributed by atoms with Crippen molar-refractivity contribution >= 4 is 5.97 Å². The summed E-state index contributed by atoms with van der Waals surface area (Å²) >= 11 is 0. The highest BCUT2D eigenvalue weighted by Crippen LogP contribution is 2.43. The fourth-order valence-corrected chi connectivity index (χ4v) is 2.77. The first-order valence-electron chi connectivity index (χ1n) is 5.64. The molecule has 1 aromatic carbocycles. The Labute approximate surface area is 99.9 Å². The molecule has 1 atom stereocenters. The summed E-state index contributed by atoms with van der Waals surface area (Å²) in [4.78, 5) is 12.9. The van der Waals surface area contributed by atoms with Crippen LogP contribution in [0.5, 0.6) is 0 Å². The van der Waals surface area contributed by atoms with Crippen LogP contribution in [0.4, 0.5) is 4.39 Å². The molecule has 92 valence electrons. The van der Waals surface area contributed by atoms with Crippen molar-refractivity contribution < 1.29 is 14.3 Å². The first-order chi connectivity index (χ1) is 7.97. The van der Waals surface area contributed by atoms with Crippen molar-refractivity contribution in [2.45, 2.75) is 24.8 Å². The minimum absolute atomic E-state index is 0.0104. The van der Waals surface area contributed by atoms with Gasteiger partial charge in [-0.3, -0.25) is 9.69 Å². The molecule has 0 fully saturated rings. The number of rotatable bonds is 3. The Morgan fingerprint density at radius 1 is 1.53 bits per heavy atom. The minimum Gasteiger partial charge on any atom is -0.481 e. The van der Waals surface area contributed by atoms with E-state index in [1.165, 1.54) is 6.07 Å². The molecular weight excluding hydrogens is 221 g/mol. The molecule has 1 aliphatic rings. The third-order valence-corrected chi connectivity index (χ3v) is 3.71. The lowest BCUT2D eigenvalue weighted by atomic mass is 9.87. The minimum atomic E-state index is -0.851. The van der Waals surface area contributed by atoms with Crippen molar-refractivity contribution in [1.82, 2.24) is 4.90 Å². The number of hydrogen-bond donors (Lipinski definition) is 1. The second kappa shape index (κ2) is 4.11. The summed E-state index contributed by atoms with van der Waals surface area (Å²) in [6.45, 7) is 0. The van der Waals surface area contributed by atoms with E-state index in [2.05, 4.69) is 0 Å². The molecule has 1 unspecified atom stereocenters. The number of fused-ring (bicyclic) bond motifs is 1. The van der Waals surface area contributed by atoms with E-state index in [1.54, 1.807) is 6.07 Å². The molecule has 0 saturated carbocycles. The summed E-state index contributed by atoms with van der Waals surface area (Å²) < 4.78 is 13.7. The Hall–Kier alpha value is -1.42. The van der Waals surface area contributed by atoms with Gasteiger partial charge in [-0.2, -0.15) is 0 Å². The van der Waals surface area contributed by atoms with Crippen molar-refractivity contribution in [2.24, 2.45) is 0 Å². The average molecular weight is 237 g/mol. The zero-order chi connectivity index (χ0) is 12.6. The van der Waals surface area contributed by atoms with Gasteiger partial charge in [-0.25, -0.2) is 4.39 Å². The van der Waals surface area contributed by atoms with E-state index in [-0.39, 0.29) is 12.2 Å². The van der Waals surface area contributed by atoms with Gasteiger partial charge in [-0.1, -0.05) is 12.1 Å². The predicted molar refractivity (Wildman–Crippen MR) is 62.3 cm³/mol. The van der Waals surface area contributed by atoms with Gasteiger partial charge in [0, 0.05) is 0 Å². The van der Waals surface area contributed by atoms with Crippen LogP contribution in [0.2, 0.25) is 0 Å². The van der Waals surface area contributed by atoms with Crippen LogP contribution in [0.15, 0.2) is 18.2 Å². The number of halogens is 1. The number of benzene rings is 1. The maximum atomic E-state index is 13.7. The maximum absolute atomic E-state index is 13.7. The van der Waals surface area contributed by atoms with Crippen LogP contribution in [-0.2, 0) is 16.8 Å². The summed E-state index contributed by atoms with van der Waals surface area (Å²) in [7, 11) is 3.70. The summed E-state index contributed by atoms with van der Waals surface area (Å²) in [6, 6.07) is 4.93. The molecule has 0 aliphatic heterocycles. The summed E-state index contributed by atoms with van der Waals surface area (Å²) in [5.74, 6) is -1.08. The zero-order valence-electron chi connectivity index (χ0n) is 10.0. The van der Waals surface area contributed by atoms with Crippen LogP contribution in [0.1, 0.15) is 24.0 Å². The summed E-state index contributed by atoms with van der Waals surface area (Å²) in [6.07, 6.45) is 1.27. The van der Waals surface area contributed by atoms with Gasteiger partial charge in [0.15, 0.2) is 0 Å². The highest BCUT2D eigenvalue weighted by molar-refractivity contribution is 5.69. The Morgan fingerprint density at radius 2 is 2.24 bits per heavy atom. The highest BCUT2D eigenvalue weighted by Gasteiger charge is 2.43. The molecule has 0 aromatic heterocycles. The number of carbonyl (C=O) groups is 1. The SMILES string of the molecule is CN(C)C1(CC(=O)O)CCc2c(F)cccc21. The predicted octanol–water partition coefficient (Wildman–Crippen LogP) is 2.00. The molecule has 1 aromatic rings. The van der Waals surface area contributed by atoms with Crippen molar-refractivity contribution in [1.29, 1.82) is 0 Å². The normalized spacial score (nSPS) is 22.8. The number of nitrogens with zero attached hydrogens (tertiary/aromatic N) is 1. The van der Waals surface area contributed by atoms with E-state index in [0.717, 1.165) is 5.56 Å². The molecule has 0 saturated heterocycles. The molecular formula is C13H16FNO2. The molecule has 1 aliphatic carbocycles. The first kappa shape index (κ1) is 12.0. The van der Waals surface area contributed by atoms with Gasteiger partial charge in [-0.05, 0) is 44.1 Å². The van der Waals surface area contributed by atoms with Crippen molar-refractivity contribution in [3.05, 3.63) is 35.1 Å². The molecule has 0 amide bonds. The second-order valence-electron chi connectivity index (χ2n) is 4.76. The Kier molecular flexibility index (Phi) is 2.91. The van der Waals surface area contributed by atoms with E-state index < -0.39 is 11.5 Å². The zero-order valence-corrected chi connectivity index (χ0v) is 10.0. The van der Waals surface area contributed by atoms with Crippen LogP contribution in [0.25, 0.3) is 0 Å². The summed E-state index contributed by atoms with van der Waals surface area (Å²) in [5.41, 5.74) is 0.927. The average Bonchev–Trinajstić information content (AvgIpc) is 2.59. The third-order valence-electron chi connectivity index (χ3n) is 3.71. The van der Waals surface area contributed by atoms with Gasteiger partial charge in [0.25, 0.3) is 0 Å². The third kappa shape index (κ3) is 1.82. The highest BCUT2D eigenvalue weighted by atomic mass is 19.1. The van der Waals surface area contributed by atoms with E-state index in [9.17, 15) is 9.18 Å². The van der Waals surface area contributed by atoms with Crippen LogP contribution in [-0.4, -0.2) is 30.1 Å². The van der Waals surface area contributed by atoms with Gasteiger partial charge in [0.05, 0.1) is 12.0 Å². The lowest BCUT2D eigenvalue weighted by Gasteiger charge is -2.36. The fourth-order valence-electron chi connectivity index (χ4n) is 2.77. The van der Waals surface area contributed by atoms with Gasteiger partial charge in [0.1, 0.15) is 5.82 Å². The van der Waals surface area contributed by atoms with Crippen molar-refractivity contribution in [3.8, 4) is 0 Å². The van der Waals surface area contributed by atoms with Gasteiger partial charge in [0.2, 0.25) is 0 Å². The van der Waals surface area contributed by atoms with Crippen LogP contribution in [0.3, 0.4) is 0 Å². The lowest BCUT2D eigenvalue weighted by Crippen LogP contribution is -2.41. The Morgan fingerprint density at radius 3 is 2.82 bits per heavy atom. The Balaban J connectivity index is 2.53. The largest absolute Gasteiger partial charge is 0.481 e. The van der Waals surface area contributed by atoms with Gasteiger partial charge < -0.3 is 5.11 Å². The standard InChI is InChI=1S/C13H16FNO2/c1-15(2)13(8-12(16)17)7-6-9-10(13)4-3-5-11(9)14/h3-5H,6-8H2,1-2H3,(H,16,17). The number of hydrogen-bond acceptors (Lipinski definition) is 2. The maximum Gasteiger partial charge on any atom is 0.305 e. The Bertz CT molecular complexity index is 459. The van der Waals surface area contributed by atoms with Gasteiger partial charge in [-0.15, -0.1) is 0 Å². The second-order valence-corrected chi connectivity index (χ2v) is 4.76. The monoisotopic (exact) mass is 237 g/mol. The summed E-state index contributed by atoms with van der Waals surface area (Å²) in [5, 5.41) is 9.06.